The lowest BCUT2D eigenvalue weighted by molar-refractivity contribution is -0.430. The molecule has 48 heteroatoms. The van der Waals surface area contributed by atoms with Crippen molar-refractivity contribution in [1.29, 1.82) is 0 Å². The Kier molecular flexibility index (Phi) is 30.1. The van der Waals surface area contributed by atoms with Gasteiger partial charge in [0.2, 0.25) is 11.8 Å². The first kappa shape index (κ1) is 85.9. The molecule has 0 saturated carbocycles. The summed E-state index contributed by atoms with van der Waals surface area (Å²) >= 11 is 0. The number of nitrogens with one attached hydrogen (secondary N) is 2. The van der Waals surface area contributed by atoms with Gasteiger partial charge in [-0.1, -0.05) is 0 Å². The zero-order chi connectivity index (χ0) is 77.2. The normalized spacial score (nSPS) is 48.3. The number of rotatable bonds is 28. The number of hydrogen-bond acceptors (Lipinski definition) is 44. The second-order valence-corrected chi connectivity index (χ2v) is 25.8. The van der Waals surface area contributed by atoms with E-state index in [1.54, 1.807) is 0 Å². The van der Waals surface area contributed by atoms with E-state index in [0.29, 0.717) is 0 Å². The fourth-order valence-electron chi connectivity index (χ4n) is 13.0. The highest BCUT2D eigenvalue weighted by Gasteiger charge is 2.64. The van der Waals surface area contributed by atoms with E-state index in [9.17, 15) is 157 Å². The van der Waals surface area contributed by atoms with E-state index in [2.05, 4.69) is 10.6 Å². The van der Waals surface area contributed by atoms with E-state index in [-0.39, 0.29) is 0 Å². The molecule has 104 heavy (non-hydrogen) atoms. The van der Waals surface area contributed by atoms with E-state index in [1.807, 2.05) is 0 Å². The van der Waals surface area contributed by atoms with Gasteiger partial charge in [0.05, 0.1) is 52.4 Å². The molecule has 8 fully saturated rings. The minimum absolute atomic E-state index is 0.817. The highest BCUT2D eigenvalue weighted by Crippen LogP contribution is 2.43. The molecule has 0 spiro atoms. The number of aliphatic hydroxyl groups is 25. The van der Waals surface area contributed by atoms with Gasteiger partial charge in [0.1, 0.15) is 195 Å². The van der Waals surface area contributed by atoms with Crippen molar-refractivity contribution in [3.8, 4) is 0 Å². The number of aliphatic carboxylic acids is 2. The third-order valence-corrected chi connectivity index (χ3v) is 18.7. The Morgan fingerprint density at radius 2 is 0.817 bits per heavy atom. The van der Waals surface area contributed by atoms with Gasteiger partial charge in [0, 0.05) is 20.3 Å². The molecule has 8 aliphatic heterocycles. The van der Waals surface area contributed by atoms with Crippen LogP contribution < -0.4 is 10.6 Å². The molecule has 42 atom stereocenters. The smallest absolute Gasteiger partial charge is 0.364 e. The number of hydrogen-bond donors (Lipinski definition) is 29. The molecule has 0 radical (unpaired) electrons. The van der Waals surface area contributed by atoms with Crippen molar-refractivity contribution in [2.45, 2.75) is 277 Å². The van der Waals surface area contributed by atoms with Crippen LogP contribution >= 0.6 is 0 Å². The van der Waals surface area contributed by atoms with Gasteiger partial charge in [0.25, 0.3) is 5.79 Å². The average Bonchev–Trinajstić information content (AvgIpc) is 0.789. The number of amides is 2. The molecular formula is C56H92N2O46. The van der Waals surface area contributed by atoms with Gasteiger partial charge in [-0.3, -0.25) is 9.59 Å². The zero-order valence-electron chi connectivity index (χ0n) is 54.7. The predicted molar refractivity (Wildman–Crippen MR) is 311 cm³/mol. The Morgan fingerprint density at radius 1 is 0.394 bits per heavy atom. The van der Waals surface area contributed by atoms with Crippen molar-refractivity contribution < 1.29 is 228 Å². The summed E-state index contributed by atoms with van der Waals surface area (Å²) < 4.78 is 88.2. The van der Waals surface area contributed by atoms with Crippen molar-refractivity contribution in [2.24, 2.45) is 0 Å². The number of carboxylic acid groups (broad SMARTS) is 2. The van der Waals surface area contributed by atoms with Crippen LogP contribution in [0.25, 0.3) is 0 Å². The lowest BCUT2D eigenvalue weighted by Crippen LogP contribution is -2.72. The van der Waals surface area contributed by atoms with Crippen LogP contribution in [0.3, 0.4) is 0 Å². The topological polar surface area (TPSA) is 777 Å². The molecule has 602 valence electrons. The first-order valence-electron chi connectivity index (χ1n) is 32.4. The number of carbonyl (C=O) groups excluding carboxylic acids is 2. The van der Waals surface area contributed by atoms with Crippen LogP contribution in [-0.2, 0) is 90.2 Å². The van der Waals surface area contributed by atoms with Crippen molar-refractivity contribution >= 4 is 23.8 Å². The van der Waals surface area contributed by atoms with E-state index in [0.717, 1.165) is 13.8 Å². The predicted octanol–water partition coefficient (Wildman–Crippen LogP) is -19.5. The molecule has 1 unspecified atom stereocenters. The van der Waals surface area contributed by atoms with E-state index < -0.39 is 334 Å². The van der Waals surface area contributed by atoms with Crippen molar-refractivity contribution in [1.82, 2.24) is 10.6 Å². The minimum atomic E-state index is -3.32. The molecule has 2 amide bonds. The average molecular weight is 1530 g/mol. The maximum absolute atomic E-state index is 13.4. The summed E-state index contributed by atoms with van der Waals surface area (Å²) in [5.41, 5.74) is 0. The molecule has 8 rings (SSSR count). The van der Waals surface area contributed by atoms with Gasteiger partial charge in [-0.05, 0) is 0 Å². The number of aliphatic hydroxyl groups excluding tert-OH is 25. The van der Waals surface area contributed by atoms with Crippen molar-refractivity contribution in [3.63, 3.8) is 0 Å². The second-order valence-electron chi connectivity index (χ2n) is 25.8. The van der Waals surface area contributed by atoms with E-state index >= 15 is 0 Å². The standard InChI is InChI=1S/C56H92N2O46/c1-11(65)57-21-26(74)25(73)20(91-48(21)87)10-90-56(55(88)89)3-13(67)38(40(104-56)16(70)6-61)96-54-46(103-52-35(83)29(77)30(78)42(99-52)47(85)86)45(102-53-43(32(80)31(79)37(95-53)14(68)4-59)100-50-34(82)28(76)24(72)18(8-63)93-50)44(39(97-54)15(69)5-60)101-51-36(84)33(81)41(19(9-64)94-51)98-49-22(58-12(2)66)27(75)23(71)17(7-62)92-49/h13-46,48-54,59-64,67-84,87H,3-10H2,1-2H3,(H,57,65)(H,58,66)(H,85,86)(H,88,89)/t13-,14+,15+,16-,17-,18-,19-,20-,21-,22-,23-,24+,25-,26-,27-,28+,29+,30+,31+,32+,33-,34-,35-,36-,37-,38-,39-,40-,41-,42+,43+,44-,45+,46+,48?,49+,50+,51+,52+,53-,54+,56-/m1/s1. The van der Waals surface area contributed by atoms with Crippen LogP contribution in [0.2, 0.25) is 0 Å². The number of ether oxygens (including phenoxy) is 15. The highest BCUT2D eigenvalue weighted by atomic mass is 16.8. The third-order valence-electron chi connectivity index (χ3n) is 18.7. The van der Waals surface area contributed by atoms with Gasteiger partial charge in [0.15, 0.2) is 50.1 Å². The van der Waals surface area contributed by atoms with Crippen LogP contribution in [0.15, 0.2) is 0 Å². The summed E-state index contributed by atoms with van der Waals surface area (Å²) in [6.45, 7) is -7.13. The molecule has 0 aromatic carbocycles. The van der Waals surface area contributed by atoms with E-state index in [4.69, 9.17) is 71.1 Å². The lowest BCUT2D eigenvalue weighted by atomic mass is 9.90. The third kappa shape index (κ3) is 18.2. The summed E-state index contributed by atoms with van der Waals surface area (Å²) in [6.07, 6.45) is -95.3. The SMILES string of the molecule is CC(=O)N[C@H]1[C@H](O[C@H]2[C@H](O)[C@@H](O)[C@H](O[C@H]3[C@H](O[C@H]4O[C@H]([C@@H](O)CO)[C@@H](O)[C@H](O)[C@@H]4O[C@@H]4O[C@H](CO)[C@H](O)[C@H](O)[C@H]4O)[C@H](O[C@@H]4O[C@H](C(=O)O)[C@@H](O)[C@H](O)[C@H]4O)[C@@H](O[C@H]4[C@@H]([C@H](O)CO)O[C@@](OC[C@H]5OC(O)[C@H](NC(C)=O)[C@@H](O)[C@@H]5O)(C(=O)O)C[C@H]4O)O[C@@H]3[C@@H](O)CO)O[C@@H]2CO)O[C@H](CO)[C@@H](O)[C@@H]1O. The quantitative estimate of drug-likeness (QED) is 0.0346. The summed E-state index contributed by atoms with van der Waals surface area (Å²) in [6, 6.07) is -3.45. The maximum Gasteiger partial charge on any atom is 0.364 e. The van der Waals surface area contributed by atoms with Gasteiger partial charge in [-0.15, -0.1) is 0 Å². The van der Waals surface area contributed by atoms with Crippen LogP contribution in [0, 0.1) is 0 Å². The Hall–Kier alpha value is -3.72. The van der Waals surface area contributed by atoms with Crippen molar-refractivity contribution in [3.05, 3.63) is 0 Å². The van der Waals surface area contributed by atoms with Gasteiger partial charge in [-0.2, -0.15) is 0 Å². The Balaban J connectivity index is 1.27. The summed E-state index contributed by atoms with van der Waals surface area (Å²) in [5, 5.41) is 303. The number of carboxylic acids is 2. The summed E-state index contributed by atoms with van der Waals surface area (Å²) in [5.74, 6) is -9.30. The Labute approximate surface area is 585 Å². The molecular weight excluding hydrogens is 1440 g/mol. The second kappa shape index (κ2) is 36.4. The van der Waals surface area contributed by atoms with Crippen LogP contribution in [0.5, 0.6) is 0 Å². The van der Waals surface area contributed by atoms with Crippen LogP contribution in [0.1, 0.15) is 20.3 Å². The summed E-state index contributed by atoms with van der Waals surface area (Å²) in [4.78, 5) is 50.2. The largest absolute Gasteiger partial charge is 0.479 e. The molecule has 0 aromatic heterocycles. The molecule has 48 nitrogen and oxygen atoms in total. The van der Waals surface area contributed by atoms with Crippen LogP contribution in [0.4, 0.5) is 0 Å². The van der Waals surface area contributed by atoms with Crippen molar-refractivity contribution in [2.75, 3.05) is 46.2 Å². The zero-order valence-corrected chi connectivity index (χ0v) is 54.7. The molecule has 8 heterocycles. The van der Waals surface area contributed by atoms with Gasteiger partial charge >= 0.3 is 11.9 Å². The molecule has 8 saturated heterocycles. The first-order valence-corrected chi connectivity index (χ1v) is 32.4. The Morgan fingerprint density at radius 3 is 1.38 bits per heavy atom. The van der Waals surface area contributed by atoms with Gasteiger partial charge < -0.3 is 220 Å². The molecule has 0 aliphatic carbocycles. The minimum Gasteiger partial charge on any atom is -0.479 e. The molecule has 0 bridgehead atoms. The fourth-order valence-corrected chi connectivity index (χ4v) is 13.0. The maximum atomic E-state index is 13.4. The lowest BCUT2D eigenvalue weighted by Gasteiger charge is -2.54. The first-order chi connectivity index (χ1) is 48.9. The monoisotopic (exact) mass is 1530 g/mol. The summed E-state index contributed by atoms with van der Waals surface area (Å²) in [7, 11) is 0. The molecule has 8 aliphatic rings. The Bertz CT molecular complexity index is 2760. The molecule has 29 N–H and O–H groups in total. The van der Waals surface area contributed by atoms with E-state index in [1.165, 1.54) is 0 Å². The number of carbonyl (C=O) groups is 4. The van der Waals surface area contributed by atoms with Crippen LogP contribution in [-0.4, -0.2) is 465 Å². The molecule has 0 aromatic rings. The highest BCUT2D eigenvalue weighted by molar-refractivity contribution is 5.76. The fraction of sp³-hybridized carbons (Fsp3) is 0.929. The van der Waals surface area contributed by atoms with Gasteiger partial charge in [-0.25, -0.2) is 9.59 Å².